The molecule has 0 radical (unpaired) electrons. The van der Waals surface area contributed by atoms with Crippen molar-refractivity contribution >= 4 is 0 Å². The van der Waals surface area contributed by atoms with Gasteiger partial charge in [0.05, 0.1) is 25.5 Å². The van der Waals surface area contributed by atoms with Gasteiger partial charge in [-0.05, 0) is 17.5 Å². The van der Waals surface area contributed by atoms with Crippen LogP contribution in [0.15, 0.2) is 41.1 Å². The quantitative estimate of drug-likeness (QED) is 0.894. The van der Waals surface area contributed by atoms with Crippen molar-refractivity contribution < 1.29 is 9.26 Å². The monoisotopic (exact) mass is 244 g/mol. The van der Waals surface area contributed by atoms with Crippen LogP contribution in [-0.2, 0) is 17.7 Å². The highest BCUT2D eigenvalue weighted by Gasteiger charge is 2.19. The van der Waals surface area contributed by atoms with Crippen LogP contribution in [0.3, 0.4) is 0 Å². The minimum Gasteiger partial charge on any atom is -0.372 e. The van der Waals surface area contributed by atoms with Crippen LogP contribution in [0.5, 0.6) is 0 Å². The molecule has 2 heterocycles. The maximum absolute atomic E-state index is 5.82. The standard InChI is InChI=1S/C14H16N2O2/c1-2-4-13-11(3-1)6-8-17-14(13)10-15-9-12-5-7-16-18-12/h1-5,7,14-15H,6,8-10H2. The summed E-state index contributed by atoms with van der Waals surface area (Å²) in [4.78, 5) is 0. The van der Waals surface area contributed by atoms with Crippen molar-refractivity contribution in [2.75, 3.05) is 13.2 Å². The highest BCUT2D eigenvalue weighted by atomic mass is 16.5. The molecule has 0 saturated carbocycles. The molecule has 1 atom stereocenters. The molecule has 1 aliphatic heterocycles. The molecule has 3 rings (SSSR count). The van der Waals surface area contributed by atoms with Gasteiger partial charge >= 0.3 is 0 Å². The van der Waals surface area contributed by atoms with Gasteiger partial charge in [-0.2, -0.15) is 0 Å². The van der Waals surface area contributed by atoms with Crippen molar-refractivity contribution in [1.82, 2.24) is 10.5 Å². The molecule has 0 aliphatic carbocycles. The van der Waals surface area contributed by atoms with Gasteiger partial charge in [0.1, 0.15) is 5.76 Å². The third kappa shape index (κ3) is 2.44. The Morgan fingerprint density at radius 2 is 2.22 bits per heavy atom. The van der Waals surface area contributed by atoms with Crippen molar-refractivity contribution in [2.45, 2.75) is 19.1 Å². The fraction of sp³-hybridized carbons (Fsp3) is 0.357. The van der Waals surface area contributed by atoms with Gasteiger partial charge in [-0.25, -0.2) is 0 Å². The van der Waals surface area contributed by atoms with Crippen molar-refractivity contribution in [3.8, 4) is 0 Å². The third-order valence-electron chi connectivity index (χ3n) is 3.21. The van der Waals surface area contributed by atoms with E-state index in [9.17, 15) is 0 Å². The van der Waals surface area contributed by atoms with Crippen molar-refractivity contribution in [1.29, 1.82) is 0 Å². The molecule has 4 nitrogen and oxygen atoms in total. The van der Waals surface area contributed by atoms with E-state index in [1.165, 1.54) is 11.1 Å². The molecule has 1 N–H and O–H groups in total. The maximum Gasteiger partial charge on any atom is 0.150 e. The first-order valence-electron chi connectivity index (χ1n) is 6.23. The summed E-state index contributed by atoms with van der Waals surface area (Å²) < 4.78 is 10.9. The van der Waals surface area contributed by atoms with Gasteiger partial charge in [0.15, 0.2) is 0 Å². The molecule has 0 saturated heterocycles. The lowest BCUT2D eigenvalue weighted by molar-refractivity contribution is 0.0420. The predicted molar refractivity (Wildman–Crippen MR) is 67.0 cm³/mol. The lowest BCUT2D eigenvalue weighted by Gasteiger charge is -2.26. The summed E-state index contributed by atoms with van der Waals surface area (Å²) in [6, 6.07) is 10.3. The zero-order valence-corrected chi connectivity index (χ0v) is 10.1. The molecule has 0 amide bonds. The Morgan fingerprint density at radius 3 is 3.11 bits per heavy atom. The number of fused-ring (bicyclic) bond motifs is 1. The van der Waals surface area contributed by atoms with E-state index in [4.69, 9.17) is 9.26 Å². The van der Waals surface area contributed by atoms with Crippen LogP contribution in [0.2, 0.25) is 0 Å². The van der Waals surface area contributed by atoms with Crippen LogP contribution >= 0.6 is 0 Å². The fourth-order valence-electron chi connectivity index (χ4n) is 2.31. The van der Waals surface area contributed by atoms with Gasteiger partial charge in [0.25, 0.3) is 0 Å². The van der Waals surface area contributed by atoms with E-state index < -0.39 is 0 Å². The number of hydrogen-bond donors (Lipinski definition) is 1. The number of hydrogen-bond acceptors (Lipinski definition) is 4. The smallest absolute Gasteiger partial charge is 0.150 e. The second-order valence-electron chi connectivity index (χ2n) is 4.42. The summed E-state index contributed by atoms with van der Waals surface area (Å²) in [6.45, 7) is 2.27. The molecule has 1 aromatic carbocycles. The average molecular weight is 244 g/mol. The molecule has 1 aromatic heterocycles. The van der Waals surface area contributed by atoms with E-state index in [2.05, 4.69) is 34.7 Å². The van der Waals surface area contributed by atoms with E-state index in [-0.39, 0.29) is 6.10 Å². The summed E-state index contributed by atoms with van der Waals surface area (Å²) in [5.41, 5.74) is 2.70. The minimum absolute atomic E-state index is 0.137. The first-order valence-corrected chi connectivity index (χ1v) is 6.23. The lowest BCUT2D eigenvalue weighted by atomic mass is 9.97. The molecule has 1 aliphatic rings. The Hall–Kier alpha value is -1.65. The molecule has 1 unspecified atom stereocenters. The molecule has 0 spiro atoms. The largest absolute Gasteiger partial charge is 0.372 e. The Balaban J connectivity index is 1.60. The summed E-state index contributed by atoms with van der Waals surface area (Å²) in [7, 11) is 0. The first kappa shape index (κ1) is 11.4. The molecule has 18 heavy (non-hydrogen) atoms. The van der Waals surface area contributed by atoms with Gasteiger partial charge in [-0.15, -0.1) is 0 Å². The summed E-state index contributed by atoms with van der Waals surface area (Å²) in [5, 5.41) is 7.02. The van der Waals surface area contributed by atoms with Crippen LogP contribution in [0.25, 0.3) is 0 Å². The number of benzene rings is 1. The third-order valence-corrected chi connectivity index (χ3v) is 3.21. The van der Waals surface area contributed by atoms with E-state index in [1.54, 1.807) is 6.20 Å². The first-order chi connectivity index (χ1) is 8.93. The van der Waals surface area contributed by atoms with Crippen molar-refractivity contribution in [3.63, 3.8) is 0 Å². The van der Waals surface area contributed by atoms with Crippen LogP contribution in [0.1, 0.15) is 23.0 Å². The summed E-state index contributed by atoms with van der Waals surface area (Å²) >= 11 is 0. The number of rotatable bonds is 4. The van der Waals surface area contributed by atoms with Gasteiger partial charge in [-0.3, -0.25) is 0 Å². The molecular weight excluding hydrogens is 228 g/mol. The van der Waals surface area contributed by atoms with E-state index in [0.717, 1.165) is 25.3 Å². The number of nitrogens with one attached hydrogen (secondary N) is 1. The van der Waals surface area contributed by atoms with E-state index >= 15 is 0 Å². The zero-order valence-electron chi connectivity index (χ0n) is 10.1. The molecular formula is C14H16N2O2. The molecule has 0 fully saturated rings. The molecule has 94 valence electrons. The zero-order chi connectivity index (χ0) is 12.2. The topological polar surface area (TPSA) is 47.3 Å². The van der Waals surface area contributed by atoms with Crippen molar-refractivity contribution in [2.24, 2.45) is 0 Å². The van der Waals surface area contributed by atoms with Crippen LogP contribution in [0, 0.1) is 0 Å². The van der Waals surface area contributed by atoms with E-state index in [1.807, 2.05) is 6.07 Å². The minimum atomic E-state index is 0.137. The Kier molecular flexibility index (Phi) is 3.39. The molecule has 2 aromatic rings. The second-order valence-corrected chi connectivity index (χ2v) is 4.42. The second kappa shape index (κ2) is 5.33. The average Bonchev–Trinajstić information content (AvgIpc) is 2.92. The highest BCUT2D eigenvalue weighted by Crippen LogP contribution is 2.26. The van der Waals surface area contributed by atoms with Gasteiger partial charge < -0.3 is 14.6 Å². The van der Waals surface area contributed by atoms with Crippen LogP contribution in [-0.4, -0.2) is 18.3 Å². The van der Waals surface area contributed by atoms with Crippen LogP contribution < -0.4 is 5.32 Å². The highest BCUT2D eigenvalue weighted by molar-refractivity contribution is 5.31. The fourth-order valence-corrected chi connectivity index (χ4v) is 2.31. The van der Waals surface area contributed by atoms with Gasteiger partial charge in [0, 0.05) is 12.6 Å². The van der Waals surface area contributed by atoms with Gasteiger partial charge in [-0.1, -0.05) is 29.4 Å². The summed E-state index contributed by atoms with van der Waals surface area (Å²) in [6.07, 6.45) is 2.80. The predicted octanol–water partition coefficient (Wildman–Crippen LogP) is 2.08. The SMILES string of the molecule is c1ccc2c(c1)CCOC2CNCc1ccno1. The Bertz CT molecular complexity index is 496. The number of ether oxygens (including phenoxy) is 1. The van der Waals surface area contributed by atoms with Gasteiger partial charge in [0.2, 0.25) is 0 Å². The normalized spacial score (nSPS) is 18.6. The van der Waals surface area contributed by atoms with E-state index in [0.29, 0.717) is 6.54 Å². The Morgan fingerprint density at radius 1 is 1.28 bits per heavy atom. The Labute approximate surface area is 106 Å². The molecule has 4 heteroatoms. The molecule has 0 bridgehead atoms. The number of nitrogens with zero attached hydrogens (tertiary/aromatic N) is 1. The maximum atomic E-state index is 5.82. The number of aromatic nitrogens is 1. The lowest BCUT2D eigenvalue weighted by Crippen LogP contribution is -2.27. The summed E-state index contributed by atoms with van der Waals surface area (Å²) in [5.74, 6) is 0.846. The van der Waals surface area contributed by atoms with Crippen LogP contribution in [0.4, 0.5) is 0 Å². The van der Waals surface area contributed by atoms with Crippen molar-refractivity contribution in [3.05, 3.63) is 53.4 Å².